The van der Waals surface area contributed by atoms with Crippen molar-refractivity contribution in [3.05, 3.63) is 58.0 Å². The number of aryl methyl sites for hydroxylation is 1. The van der Waals surface area contributed by atoms with Crippen LogP contribution < -0.4 is 0 Å². The second-order valence-electron chi connectivity index (χ2n) is 6.75. The van der Waals surface area contributed by atoms with Gasteiger partial charge in [0.2, 0.25) is 0 Å². The molecule has 0 spiro atoms. The molecule has 0 unspecified atom stereocenters. The predicted molar refractivity (Wildman–Crippen MR) is 98.4 cm³/mol. The lowest BCUT2D eigenvalue weighted by molar-refractivity contribution is -0.136. The van der Waals surface area contributed by atoms with Crippen molar-refractivity contribution in [2.75, 3.05) is 0 Å². The van der Waals surface area contributed by atoms with E-state index in [2.05, 4.69) is 0 Å². The molecule has 1 saturated carbocycles. The Morgan fingerprint density at radius 1 is 1.27 bits per heavy atom. The van der Waals surface area contributed by atoms with Gasteiger partial charge in [0, 0.05) is 23.2 Å². The van der Waals surface area contributed by atoms with Crippen LogP contribution in [0.5, 0.6) is 0 Å². The van der Waals surface area contributed by atoms with Gasteiger partial charge in [0.25, 0.3) is 5.91 Å². The van der Waals surface area contributed by atoms with Gasteiger partial charge in [-0.05, 0) is 31.4 Å². The summed E-state index contributed by atoms with van der Waals surface area (Å²) in [6.45, 7) is 2.17. The number of furan rings is 1. The van der Waals surface area contributed by atoms with Gasteiger partial charge in [0.1, 0.15) is 12.2 Å². The van der Waals surface area contributed by atoms with Crippen molar-refractivity contribution in [2.24, 2.45) is 0 Å². The first-order valence-electron chi connectivity index (χ1n) is 8.80. The molecule has 0 bridgehead atoms. The van der Waals surface area contributed by atoms with E-state index < -0.39 is 5.97 Å². The zero-order valence-electron chi connectivity index (χ0n) is 14.7. The average molecular weight is 376 g/mol. The lowest BCUT2D eigenvalue weighted by Gasteiger charge is -2.30. The highest BCUT2D eigenvalue weighted by molar-refractivity contribution is 6.31. The standard InChI is InChI=1S/C20H22ClNO4/c1-13-12-26-17(10-18(23)24)19(13)20(25)22(15-7-3-4-8-15)11-14-6-2-5-9-16(14)21/h2,5-6,9,12,15H,3-4,7-8,10-11H2,1H3,(H,23,24). The maximum atomic E-state index is 13.4. The molecule has 1 amide bonds. The summed E-state index contributed by atoms with van der Waals surface area (Å²) in [5.74, 6) is -0.992. The van der Waals surface area contributed by atoms with Crippen LogP contribution in [0.3, 0.4) is 0 Å². The van der Waals surface area contributed by atoms with Crippen molar-refractivity contribution < 1.29 is 19.1 Å². The minimum absolute atomic E-state index is 0.130. The third-order valence-electron chi connectivity index (χ3n) is 4.90. The number of carbonyl (C=O) groups is 2. The summed E-state index contributed by atoms with van der Waals surface area (Å²) in [4.78, 5) is 26.3. The van der Waals surface area contributed by atoms with Gasteiger partial charge in [-0.2, -0.15) is 0 Å². The molecule has 1 aromatic heterocycles. The number of nitrogens with zero attached hydrogens (tertiary/aromatic N) is 1. The molecule has 6 heteroatoms. The van der Waals surface area contributed by atoms with E-state index >= 15 is 0 Å². The number of carboxylic acid groups (broad SMARTS) is 1. The first kappa shape index (κ1) is 18.5. The molecule has 1 aliphatic carbocycles. The number of benzene rings is 1. The number of amides is 1. The molecule has 2 aromatic rings. The van der Waals surface area contributed by atoms with Crippen LogP contribution in [0.15, 0.2) is 34.9 Å². The zero-order chi connectivity index (χ0) is 18.7. The Labute approximate surface area is 157 Å². The Balaban J connectivity index is 1.94. The predicted octanol–water partition coefficient (Wildman–Crippen LogP) is 4.45. The maximum Gasteiger partial charge on any atom is 0.311 e. The number of carboxylic acids is 1. The third-order valence-corrected chi connectivity index (χ3v) is 5.27. The van der Waals surface area contributed by atoms with E-state index in [0.717, 1.165) is 31.2 Å². The van der Waals surface area contributed by atoms with E-state index in [1.165, 1.54) is 6.26 Å². The number of hydrogen-bond acceptors (Lipinski definition) is 3. The molecule has 0 saturated heterocycles. The summed E-state index contributed by atoms with van der Waals surface area (Å²) >= 11 is 6.30. The molecule has 1 N–H and O–H groups in total. The summed E-state index contributed by atoms with van der Waals surface area (Å²) in [5.41, 5.74) is 1.91. The van der Waals surface area contributed by atoms with Crippen LogP contribution in [-0.2, 0) is 17.8 Å². The number of aliphatic carboxylic acids is 1. The molecule has 26 heavy (non-hydrogen) atoms. The average Bonchev–Trinajstić information content (AvgIpc) is 3.23. The van der Waals surface area contributed by atoms with E-state index in [4.69, 9.17) is 21.1 Å². The summed E-state index contributed by atoms with van der Waals surface area (Å²) < 4.78 is 5.36. The molecule has 1 aliphatic rings. The third kappa shape index (κ3) is 3.93. The first-order chi connectivity index (χ1) is 12.5. The molecule has 0 radical (unpaired) electrons. The molecule has 1 heterocycles. The smallest absolute Gasteiger partial charge is 0.311 e. The van der Waals surface area contributed by atoms with Gasteiger partial charge < -0.3 is 14.4 Å². The van der Waals surface area contributed by atoms with Gasteiger partial charge in [-0.3, -0.25) is 9.59 Å². The lowest BCUT2D eigenvalue weighted by atomic mass is 10.1. The fourth-order valence-electron chi connectivity index (χ4n) is 3.59. The van der Waals surface area contributed by atoms with Gasteiger partial charge in [-0.25, -0.2) is 0 Å². The monoisotopic (exact) mass is 375 g/mol. The maximum absolute atomic E-state index is 13.4. The van der Waals surface area contributed by atoms with E-state index in [-0.39, 0.29) is 24.1 Å². The van der Waals surface area contributed by atoms with Gasteiger partial charge >= 0.3 is 5.97 Å². The van der Waals surface area contributed by atoms with E-state index in [1.54, 1.807) is 6.92 Å². The second-order valence-corrected chi connectivity index (χ2v) is 7.16. The highest BCUT2D eigenvalue weighted by Gasteiger charge is 2.31. The molecular weight excluding hydrogens is 354 g/mol. The Bertz CT molecular complexity index is 808. The fraction of sp³-hybridized carbons (Fsp3) is 0.400. The van der Waals surface area contributed by atoms with Crippen molar-refractivity contribution in [3.8, 4) is 0 Å². The second kappa shape index (κ2) is 7.96. The van der Waals surface area contributed by atoms with Gasteiger partial charge in [0.05, 0.1) is 11.8 Å². The summed E-state index contributed by atoms with van der Waals surface area (Å²) in [6.07, 6.45) is 5.21. The quantitative estimate of drug-likeness (QED) is 0.809. The van der Waals surface area contributed by atoms with Crippen LogP contribution in [0.1, 0.15) is 52.9 Å². The van der Waals surface area contributed by atoms with Crippen LogP contribution in [0.25, 0.3) is 0 Å². The first-order valence-corrected chi connectivity index (χ1v) is 9.18. The Morgan fingerprint density at radius 2 is 1.96 bits per heavy atom. The molecular formula is C20H22ClNO4. The largest absolute Gasteiger partial charge is 0.481 e. The van der Waals surface area contributed by atoms with Crippen LogP contribution in [0.4, 0.5) is 0 Å². The minimum atomic E-state index is -1.02. The molecule has 1 aromatic carbocycles. The normalized spacial score (nSPS) is 14.5. The number of rotatable bonds is 6. The Kier molecular flexibility index (Phi) is 5.67. The molecule has 5 nitrogen and oxygen atoms in total. The topological polar surface area (TPSA) is 70.7 Å². The molecule has 3 rings (SSSR count). The van der Waals surface area contributed by atoms with Crippen molar-refractivity contribution >= 4 is 23.5 Å². The van der Waals surface area contributed by atoms with Crippen molar-refractivity contribution in [1.29, 1.82) is 0 Å². The number of halogens is 1. The van der Waals surface area contributed by atoms with Crippen LogP contribution in [0.2, 0.25) is 5.02 Å². The van der Waals surface area contributed by atoms with Gasteiger partial charge in [-0.1, -0.05) is 42.6 Å². The Morgan fingerprint density at radius 3 is 2.62 bits per heavy atom. The summed E-state index contributed by atoms with van der Waals surface area (Å²) in [6, 6.07) is 7.62. The van der Waals surface area contributed by atoms with Crippen molar-refractivity contribution in [2.45, 2.75) is 51.6 Å². The zero-order valence-corrected chi connectivity index (χ0v) is 15.5. The number of carbonyl (C=O) groups excluding carboxylic acids is 1. The lowest BCUT2D eigenvalue weighted by Crippen LogP contribution is -2.39. The summed E-state index contributed by atoms with van der Waals surface area (Å²) in [5, 5.41) is 9.72. The van der Waals surface area contributed by atoms with E-state index in [9.17, 15) is 9.59 Å². The summed E-state index contributed by atoms with van der Waals surface area (Å²) in [7, 11) is 0. The van der Waals surface area contributed by atoms with Crippen LogP contribution in [0, 0.1) is 6.92 Å². The molecule has 1 fully saturated rings. The van der Waals surface area contributed by atoms with E-state index in [0.29, 0.717) is 22.7 Å². The Hall–Kier alpha value is -2.27. The van der Waals surface area contributed by atoms with Gasteiger partial charge in [-0.15, -0.1) is 0 Å². The van der Waals surface area contributed by atoms with Crippen LogP contribution in [-0.4, -0.2) is 27.9 Å². The highest BCUT2D eigenvalue weighted by atomic mass is 35.5. The van der Waals surface area contributed by atoms with Crippen molar-refractivity contribution in [1.82, 2.24) is 4.90 Å². The minimum Gasteiger partial charge on any atom is -0.481 e. The molecule has 0 atom stereocenters. The fourth-order valence-corrected chi connectivity index (χ4v) is 3.78. The van der Waals surface area contributed by atoms with Crippen LogP contribution >= 0.6 is 11.6 Å². The molecule has 138 valence electrons. The van der Waals surface area contributed by atoms with Gasteiger partial charge in [0.15, 0.2) is 0 Å². The van der Waals surface area contributed by atoms with E-state index in [1.807, 2.05) is 29.2 Å². The van der Waals surface area contributed by atoms with Crippen molar-refractivity contribution in [3.63, 3.8) is 0 Å². The highest BCUT2D eigenvalue weighted by Crippen LogP contribution is 2.30. The SMILES string of the molecule is Cc1coc(CC(=O)O)c1C(=O)N(Cc1ccccc1Cl)C1CCCC1. The molecule has 0 aliphatic heterocycles. The number of hydrogen-bond donors (Lipinski definition) is 1.